The summed E-state index contributed by atoms with van der Waals surface area (Å²) >= 11 is 3.06. The van der Waals surface area contributed by atoms with Crippen LogP contribution in [-0.2, 0) is 11.2 Å². The molecule has 0 unspecified atom stereocenters. The standard InChI is InChI=1S/C24H27N3OSe.ClH/c1-3-18-7-13-21(14-8-18)27-23(28)22(25(2)24(27)29)17-19-9-11-20(12-10-19)26-15-5-4-6-16-26;/h7-14,17H,3-6,15-16H2,1-2H3;1H. The van der Waals surface area contributed by atoms with Gasteiger partial charge in [-0.2, -0.15) is 0 Å². The van der Waals surface area contributed by atoms with Crippen molar-refractivity contribution in [1.29, 1.82) is 0 Å². The van der Waals surface area contributed by atoms with Gasteiger partial charge in [0.2, 0.25) is 0 Å². The van der Waals surface area contributed by atoms with Gasteiger partial charge in [-0.15, -0.1) is 12.4 Å². The average molecular weight is 489 g/mol. The average Bonchev–Trinajstić information content (AvgIpc) is 2.98. The van der Waals surface area contributed by atoms with Crippen LogP contribution >= 0.6 is 12.4 Å². The second kappa shape index (κ2) is 9.82. The van der Waals surface area contributed by atoms with Gasteiger partial charge < -0.3 is 0 Å². The molecule has 2 aromatic carbocycles. The van der Waals surface area contributed by atoms with Gasteiger partial charge in [0.05, 0.1) is 0 Å². The van der Waals surface area contributed by atoms with E-state index in [1.165, 1.54) is 30.5 Å². The molecule has 1 amide bonds. The van der Waals surface area contributed by atoms with Crippen LogP contribution in [0.4, 0.5) is 11.4 Å². The van der Waals surface area contributed by atoms with Gasteiger partial charge in [-0.05, 0) is 0 Å². The normalized spacial score (nSPS) is 18.2. The molecule has 0 bridgehead atoms. The van der Waals surface area contributed by atoms with Crippen molar-refractivity contribution in [3.63, 3.8) is 0 Å². The number of aryl methyl sites for hydroxylation is 1. The zero-order valence-corrected chi connectivity index (χ0v) is 20.0. The van der Waals surface area contributed by atoms with E-state index in [1.807, 2.05) is 30.2 Å². The number of hydrogen-bond donors (Lipinski definition) is 0. The second-order valence-electron chi connectivity index (χ2n) is 7.67. The Hall–Kier alpha value is -2.07. The van der Waals surface area contributed by atoms with Crippen LogP contribution in [0.1, 0.15) is 37.3 Å². The summed E-state index contributed by atoms with van der Waals surface area (Å²) in [5.41, 5.74) is 5.13. The van der Waals surface area contributed by atoms with E-state index in [0.29, 0.717) is 5.70 Å². The molecule has 0 spiro atoms. The van der Waals surface area contributed by atoms with E-state index in [9.17, 15) is 4.79 Å². The Morgan fingerprint density at radius 2 is 1.53 bits per heavy atom. The number of benzene rings is 2. The number of likely N-dealkylation sites (N-methyl/N-ethyl adjacent to an activating group) is 1. The molecule has 2 fully saturated rings. The minimum Gasteiger partial charge on any atom is -0.147 e. The predicted molar refractivity (Wildman–Crippen MR) is 130 cm³/mol. The van der Waals surface area contributed by atoms with Crippen molar-refractivity contribution in [2.75, 3.05) is 29.9 Å². The van der Waals surface area contributed by atoms with Crippen LogP contribution in [0.15, 0.2) is 54.2 Å². The summed E-state index contributed by atoms with van der Waals surface area (Å²) in [6.07, 6.45) is 6.83. The van der Waals surface area contributed by atoms with E-state index in [4.69, 9.17) is 0 Å². The number of piperidine rings is 1. The Bertz CT molecular complexity index is 934. The Morgan fingerprint density at radius 3 is 2.13 bits per heavy atom. The number of hydrogen-bond acceptors (Lipinski definition) is 3. The summed E-state index contributed by atoms with van der Waals surface area (Å²) in [6.45, 7) is 4.40. The van der Waals surface area contributed by atoms with E-state index in [0.717, 1.165) is 35.4 Å². The van der Waals surface area contributed by atoms with Crippen molar-refractivity contribution in [1.82, 2.24) is 4.90 Å². The van der Waals surface area contributed by atoms with Crippen LogP contribution in [0.2, 0.25) is 0 Å². The third-order valence-electron chi connectivity index (χ3n) is 5.78. The van der Waals surface area contributed by atoms with Crippen molar-refractivity contribution in [3.8, 4) is 0 Å². The number of halogens is 1. The van der Waals surface area contributed by atoms with Crippen molar-refractivity contribution in [3.05, 3.63) is 65.4 Å². The molecule has 4 nitrogen and oxygen atoms in total. The van der Waals surface area contributed by atoms with Crippen LogP contribution < -0.4 is 9.80 Å². The number of carbonyl (C=O) groups excluding carboxylic acids is 1. The van der Waals surface area contributed by atoms with Gasteiger partial charge in [-0.1, -0.05) is 0 Å². The van der Waals surface area contributed by atoms with Crippen LogP contribution in [-0.4, -0.2) is 51.2 Å². The maximum absolute atomic E-state index is 13.2. The number of amides is 1. The molecular weight excluding hydrogens is 461 g/mol. The Balaban J connectivity index is 0.00000256. The van der Waals surface area contributed by atoms with Gasteiger partial charge in [-0.25, -0.2) is 0 Å². The van der Waals surface area contributed by atoms with E-state index in [-0.39, 0.29) is 18.3 Å². The number of nitrogens with zero attached hydrogens (tertiary/aromatic N) is 3. The van der Waals surface area contributed by atoms with Gasteiger partial charge in [0.15, 0.2) is 0 Å². The topological polar surface area (TPSA) is 26.8 Å². The molecule has 6 heteroatoms. The van der Waals surface area contributed by atoms with Crippen molar-refractivity contribution in [2.45, 2.75) is 32.6 Å². The minimum absolute atomic E-state index is 0. The molecule has 0 aromatic heterocycles. The SMILES string of the molecule is CCc1ccc(N2C(=O)C(=Cc3ccc(N4CCCCC4)cc3)N(C)C2=[Se])cc1.Cl. The Labute approximate surface area is 193 Å². The fraction of sp³-hybridized carbons (Fsp3) is 0.333. The summed E-state index contributed by atoms with van der Waals surface area (Å²) in [5, 5.41) is 0. The molecule has 4 rings (SSSR count). The first-order valence-corrected chi connectivity index (χ1v) is 11.2. The van der Waals surface area contributed by atoms with E-state index in [1.54, 1.807) is 4.90 Å². The van der Waals surface area contributed by atoms with E-state index >= 15 is 0 Å². The van der Waals surface area contributed by atoms with Gasteiger partial charge in [0.25, 0.3) is 0 Å². The molecule has 0 N–H and O–H groups in total. The molecule has 0 aliphatic carbocycles. The second-order valence-corrected chi connectivity index (χ2v) is 8.44. The first-order chi connectivity index (χ1) is 14.1. The monoisotopic (exact) mass is 489 g/mol. The minimum atomic E-state index is -0.00870. The molecule has 2 heterocycles. The zero-order valence-electron chi connectivity index (χ0n) is 17.5. The molecule has 0 atom stereocenters. The molecule has 158 valence electrons. The van der Waals surface area contributed by atoms with Crippen molar-refractivity contribution < 1.29 is 4.79 Å². The number of carbonyl (C=O) groups is 1. The molecule has 0 radical (unpaired) electrons. The number of rotatable bonds is 4. The summed E-state index contributed by atoms with van der Waals surface area (Å²) < 4.78 is 0.801. The summed E-state index contributed by atoms with van der Waals surface area (Å²) in [7, 11) is 1.93. The van der Waals surface area contributed by atoms with E-state index in [2.05, 4.69) is 63.8 Å². The fourth-order valence-electron chi connectivity index (χ4n) is 3.96. The van der Waals surface area contributed by atoms with Crippen molar-refractivity contribution >= 4 is 56.0 Å². The number of anilines is 2. The van der Waals surface area contributed by atoms with Gasteiger partial charge >= 0.3 is 181 Å². The largest absolute Gasteiger partial charge is 0.147 e. The Morgan fingerprint density at radius 1 is 0.933 bits per heavy atom. The van der Waals surface area contributed by atoms with E-state index < -0.39 is 0 Å². The third-order valence-corrected chi connectivity index (χ3v) is 6.74. The maximum Gasteiger partial charge on any atom is -0.147 e. The van der Waals surface area contributed by atoms with Crippen LogP contribution in [0.25, 0.3) is 6.08 Å². The molecule has 2 aliphatic heterocycles. The zero-order chi connectivity index (χ0) is 20.4. The molecular formula is C24H28ClN3OSe. The Kier molecular flexibility index (Phi) is 7.40. The third kappa shape index (κ3) is 4.49. The summed E-state index contributed by atoms with van der Waals surface area (Å²) in [6, 6.07) is 16.7. The van der Waals surface area contributed by atoms with Crippen LogP contribution in [0.5, 0.6) is 0 Å². The van der Waals surface area contributed by atoms with Gasteiger partial charge in [0.1, 0.15) is 0 Å². The fourth-order valence-corrected chi connectivity index (χ4v) is 4.56. The van der Waals surface area contributed by atoms with Gasteiger partial charge in [-0.3, -0.25) is 0 Å². The predicted octanol–water partition coefficient (Wildman–Crippen LogP) is 4.24. The summed E-state index contributed by atoms with van der Waals surface area (Å²) in [4.78, 5) is 19.3. The smallest absolute Gasteiger partial charge is 0.147 e. The molecule has 2 saturated heterocycles. The molecule has 2 aliphatic rings. The molecule has 30 heavy (non-hydrogen) atoms. The quantitative estimate of drug-likeness (QED) is 0.476. The van der Waals surface area contributed by atoms with Gasteiger partial charge in [0, 0.05) is 0 Å². The van der Waals surface area contributed by atoms with Crippen molar-refractivity contribution in [2.24, 2.45) is 0 Å². The first kappa shape index (κ1) is 22.6. The summed E-state index contributed by atoms with van der Waals surface area (Å²) in [5.74, 6) is -0.00870. The van der Waals surface area contributed by atoms with Crippen LogP contribution in [0, 0.1) is 0 Å². The van der Waals surface area contributed by atoms with Crippen LogP contribution in [0.3, 0.4) is 0 Å². The molecule has 2 aromatic rings. The maximum atomic E-state index is 13.2. The first-order valence-electron chi connectivity index (χ1n) is 10.4. The molecule has 0 saturated carbocycles.